The number of hydrogen-bond donors (Lipinski definition) is 0. The van der Waals surface area contributed by atoms with Crippen LogP contribution in [0.2, 0.25) is 0 Å². The largest absolute Gasteiger partial charge is 0.302 e. The van der Waals surface area contributed by atoms with Crippen LogP contribution in [0, 0.1) is 5.92 Å². The lowest BCUT2D eigenvalue weighted by atomic mass is 9.94. The number of piperidine rings is 1. The summed E-state index contributed by atoms with van der Waals surface area (Å²) in [5, 5.41) is 4.71. The van der Waals surface area contributed by atoms with Crippen molar-refractivity contribution in [2.45, 2.75) is 31.6 Å². The zero-order valence-corrected chi connectivity index (χ0v) is 12.0. The normalized spacial score (nSPS) is 24.4. The summed E-state index contributed by atoms with van der Waals surface area (Å²) in [5.41, 5.74) is 3.05. The van der Waals surface area contributed by atoms with Gasteiger partial charge in [0.1, 0.15) is 5.52 Å². The van der Waals surface area contributed by atoms with Crippen LogP contribution in [0.5, 0.6) is 0 Å². The lowest BCUT2D eigenvalue weighted by Crippen LogP contribution is -2.36. The topological polar surface area (TPSA) is 46.8 Å². The minimum absolute atomic E-state index is 0.517. The molecule has 3 heterocycles. The van der Waals surface area contributed by atoms with Crippen molar-refractivity contribution in [1.82, 2.24) is 24.6 Å². The molecule has 0 bridgehead atoms. The van der Waals surface area contributed by atoms with E-state index in [1.54, 1.807) is 12.4 Å². The molecule has 5 nitrogen and oxygen atoms in total. The summed E-state index contributed by atoms with van der Waals surface area (Å²) in [4.78, 5) is 11.5. The molecule has 2 aromatic heterocycles. The molecule has 1 saturated carbocycles. The van der Waals surface area contributed by atoms with Gasteiger partial charge >= 0.3 is 0 Å². The molecule has 1 aliphatic heterocycles. The van der Waals surface area contributed by atoms with Gasteiger partial charge in [-0.25, -0.2) is 14.6 Å². The molecule has 106 valence electrons. The zero-order valence-electron chi connectivity index (χ0n) is 12.0. The lowest BCUT2D eigenvalue weighted by Gasteiger charge is -2.31. The SMILES string of the molecule is Cn1nc(C2CCCN(CC3CC3)C2)c2nccnc21. The molecule has 0 N–H and O–H groups in total. The highest BCUT2D eigenvalue weighted by atomic mass is 15.3. The molecular weight excluding hydrogens is 250 g/mol. The maximum atomic E-state index is 4.71. The van der Waals surface area contributed by atoms with E-state index in [-0.39, 0.29) is 0 Å². The maximum Gasteiger partial charge on any atom is 0.176 e. The summed E-state index contributed by atoms with van der Waals surface area (Å²) in [6.07, 6.45) is 8.88. The van der Waals surface area contributed by atoms with Crippen LogP contribution in [0.15, 0.2) is 12.4 Å². The molecule has 1 saturated heterocycles. The summed E-state index contributed by atoms with van der Waals surface area (Å²) in [5.74, 6) is 1.48. The highest BCUT2D eigenvalue weighted by Gasteiger charge is 2.30. The Morgan fingerprint density at radius 3 is 2.90 bits per heavy atom. The van der Waals surface area contributed by atoms with Crippen LogP contribution >= 0.6 is 0 Å². The molecule has 4 rings (SSSR count). The van der Waals surface area contributed by atoms with Crippen molar-refractivity contribution >= 4 is 11.2 Å². The number of hydrogen-bond acceptors (Lipinski definition) is 4. The number of aromatic nitrogens is 4. The van der Waals surface area contributed by atoms with Crippen molar-refractivity contribution in [2.75, 3.05) is 19.6 Å². The third kappa shape index (κ3) is 2.20. The second-order valence-corrected chi connectivity index (χ2v) is 6.28. The van der Waals surface area contributed by atoms with Crippen LogP contribution in [0.4, 0.5) is 0 Å². The van der Waals surface area contributed by atoms with E-state index >= 15 is 0 Å². The van der Waals surface area contributed by atoms with Crippen LogP contribution in [-0.2, 0) is 7.05 Å². The Hall–Kier alpha value is -1.49. The predicted molar refractivity (Wildman–Crippen MR) is 77.4 cm³/mol. The first kappa shape index (κ1) is 12.3. The van der Waals surface area contributed by atoms with Gasteiger partial charge in [0, 0.05) is 38.4 Å². The molecule has 0 amide bonds. The molecule has 2 aromatic rings. The fourth-order valence-electron chi connectivity index (χ4n) is 3.39. The summed E-state index contributed by atoms with van der Waals surface area (Å²) >= 11 is 0. The van der Waals surface area contributed by atoms with E-state index in [1.807, 2.05) is 11.7 Å². The first-order valence-corrected chi connectivity index (χ1v) is 7.67. The van der Waals surface area contributed by atoms with Gasteiger partial charge in [-0.1, -0.05) is 0 Å². The number of rotatable bonds is 3. The van der Waals surface area contributed by atoms with E-state index in [4.69, 9.17) is 5.10 Å². The van der Waals surface area contributed by atoms with Crippen LogP contribution in [0.1, 0.15) is 37.3 Å². The van der Waals surface area contributed by atoms with Gasteiger partial charge in [0.05, 0.1) is 5.69 Å². The van der Waals surface area contributed by atoms with Gasteiger partial charge in [-0.05, 0) is 38.1 Å². The van der Waals surface area contributed by atoms with Crippen LogP contribution in [-0.4, -0.2) is 44.3 Å². The predicted octanol–water partition coefficient (Wildman–Crippen LogP) is 1.95. The number of nitrogens with zero attached hydrogens (tertiary/aromatic N) is 5. The molecule has 2 aliphatic rings. The highest BCUT2D eigenvalue weighted by Crippen LogP contribution is 2.34. The van der Waals surface area contributed by atoms with Gasteiger partial charge in [-0.2, -0.15) is 5.10 Å². The van der Waals surface area contributed by atoms with Gasteiger partial charge in [0.25, 0.3) is 0 Å². The van der Waals surface area contributed by atoms with Crippen molar-refractivity contribution in [3.63, 3.8) is 0 Å². The summed E-state index contributed by atoms with van der Waals surface area (Å²) in [7, 11) is 1.96. The summed E-state index contributed by atoms with van der Waals surface area (Å²) < 4.78 is 1.87. The first-order chi connectivity index (χ1) is 9.81. The smallest absolute Gasteiger partial charge is 0.176 e. The number of aryl methyl sites for hydroxylation is 1. The first-order valence-electron chi connectivity index (χ1n) is 7.67. The Bertz CT molecular complexity index is 616. The molecule has 0 aromatic carbocycles. The minimum Gasteiger partial charge on any atom is -0.302 e. The molecule has 1 aliphatic carbocycles. The third-order valence-corrected chi connectivity index (χ3v) is 4.59. The molecular formula is C15H21N5. The van der Waals surface area contributed by atoms with Crippen LogP contribution in [0.3, 0.4) is 0 Å². The van der Waals surface area contributed by atoms with Crippen molar-refractivity contribution in [2.24, 2.45) is 13.0 Å². The Balaban J connectivity index is 1.61. The molecule has 1 unspecified atom stereocenters. The van der Waals surface area contributed by atoms with Crippen molar-refractivity contribution in [3.8, 4) is 0 Å². The van der Waals surface area contributed by atoms with E-state index in [0.29, 0.717) is 5.92 Å². The fourth-order valence-corrected chi connectivity index (χ4v) is 3.39. The van der Waals surface area contributed by atoms with E-state index in [0.717, 1.165) is 29.3 Å². The van der Waals surface area contributed by atoms with Gasteiger partial charge in [0.15, 0.2) is 5.65 Å². The second-order valence-electron chi connectivity index (χ2n) is 6.28. The van der Waals surface area contributed by atoms with Crippen LogP contribution in [0.25, 0.3) is 11.2 Å². The number of fused-ring (bicyclic) bond motifs is 1. The van der Waals surface area contributed by atoms with E-state index in [9.17, 15) is 0 Å². The Labute approximate surface area is 119 Å². The minimum atomic E-state index is 0.517. The van der Waals surface area contributed by atoms with Crippen molar-refractivity contribution in [3.05, 3.63) is 18.1 Å². The quantitative estimate of drug-likeness (QED) is 0.856. The van der Waals surface area contributed by atoms with E-state index < -0.39 is 0 Å². The van der Waals surface area contributed by atoms with Gasteiger partial charge in [-0.3, -0.25) is 0 Å². The second kappa shape index (κ2) is 4.81. The fraction of sp³-hybridized carbons (Fsp3) is 0.667. The monoisotopic (exact) mass is 271 g/mol. The Kier molecular flexibility index (Phi) is 2.95. The van der Waals surface area contributed by atoms with Gasteiger partial charge in [-0.15, -0.1) is 0 Å². The standard InChI is InChI=1S/C15H21N5/c1-19-15-14(16-6-7-17-15)13(18-19)12-3-2-8-20(10-12)9-11-4-5-11/h6-7,11-12H,2-5,8-10H2,1H3. The molecule has 0 spiro atoms. The molecule has 0 radical (unpaired) electrons. The molecule has 2 fully saturated rings. The summed E-state index contributed by atoms with van der Waals surface area (Å²) in [6.45, 7) is 3.68. The average Bonchev–Trinajstić information content (AvgIpc) is 3.22. The van der Waals surface area contributed by atoms with Crippen LogP contribution < -0.4 is 0 Å². The van der Waals surface area contributed by atoms with Crippen molar-refractivity contribution in [1.29, 1.82) is 0 Å². The molecule has 1 atom stereocenters. The van der Waals surface area contributed by atoms with Gasteiger partial charge in [0.2, 0.25) is 0 Å². The number of likely N-dealkylation sites (tertiary alicyclic amines) is 1. The maximum absolute atomic E-state index is 4.71. The van der Waals surface area contributed by atoms with E-state index in [2.05, 4.69) is 14.9 Å². The lowest BCUT2D eigenvalue weighted by molar-refractivity contribution is 0.199. The highest BCUT2D eigenvalue weighted by molar-refractivity contribution is 5.73. The Morgan fingerprint density at radius 1 is 1.20 bits per heavy atom. The summed E-state index contributed by atoms with van der Waals surface area (Å²) in [6, 6.07) is 0. The zero-order chi connectivity index (χ0) is 13.5. The van der Waals surface area contributed by atoms with Crippen molar-refractivity contribution < 1.29 is 0 Å². The van der Waals surface area contributed by atoms with Gasteiger partial charge < -0.3 is 4.90 Å². The third-order valence-electron chi connectivity index (χ3n) is 4.59. The Morgan fingerprint density at radius 2 is 2.05 bits per heavy atom. The van der Waals surface area contributed by atoms with E-state index in [1.165, 1.54) is 38.8 Å². The average molecular weight is 271 g/mol. The molecule has 20 heavy (non-hydrogen) atoms. The molecule has 5 heteroatoms.